The first-order valence-electron chi connectivity index (χ1n) is 15.0. The number of nitrogens with one attached hydrogen (secondary N) is 1. The quantitative estimate of drug-likeness (QED) is 0.248. The molecule has 234 valence electrons. The molecule has 0 spiro atoms. The number of aromatic nitrogens is 1. The van der Waals surface area contributed by atoms with Crippen molar-refractivity contribution in [2.45, 2.75) is 62.6 Å². The maximum absolute atomic E-state index is 15.1. The lowest BCUT2D eigenvalue weighted by molar-refractivity contribution is -0.138. The van der Waals surface area contributed by atoms with Gasteiger partial charge < -0.3 is 15.0 Å². The maximum atomic E-state index is 15.1. The van der Waals surface area contributed by atoms with Crippen LogP contribution in [0.4, 0.5) is 13.6 Å². The predicted molar refractivity (Wildman–Crippen MR) is 164 cm³/mol. The van der Waals surface area contributed by atoms with E-state index < -0.39 is 42.0 Å². The second kappa shape index (κ2) is 12.1. The number of halogens is 2. The Morgan fingerprint density at radius 1 is 1.00 bits per heavy atom. The third-order valence-electron chi connectivity index (χ3n) is 8.28. The van der Waals surface area contributed by atoms with E-state index in [2.05, 4.69) is 5.32 Å². The number of nitrogens with zero attached hydrogens (tertiary/aromatic N) is 2. The van der Waals surface area contributed by atoms with Crippen molar-refractivity contribution in [2.24, 2.45) is 11.5 Å². The molecule has 3 aromatic carbocycles. The van der Waals surface area contributed by atoms with E-state index in [0.29, 0.717) is 27.6 Å². The lowest BCUT2D eigenvalue weighted by atomic mass is 9.96. The Hall–Kier alpha value is -4.61. The molecule has 2 fully saturated rings. The number of rotatable bonds is 8. The average molecular weight is 616 g/mol. The molecular weight excluding hydrogens is 580 g/mol. The number of likely N-dealkylation sites (tertiary alicyclic amines) is 1. The highest BCUT2D eigenvalue weighted by atomic mass is 19.1. The van der Waals surface area contributed by atoms with Crippen molar-refractivity contribution in [3.8, 4) is 0 Å². The van der Waals surface area contributed by atoms with Crippen LogP contribution in [-0.4, -0.2) is 52.0 Å². The number of alkyl halides is 1. The SMILES string of the molecule is CC(N)(N)OC(=O)n1c(CC(=O)N2C[C@H](F)C[C@H]2C(=O)N[C@@H](c2ccccc2)c2ccc(C3CC3)c(F)c2)cc2ccccc21. The number of fused-ring (bicyclic) bond motifs is 1. The monoisotopic (exact) mass is 615 g/mol. The molecule has 2 heterocycles. The van der Waals surface area contributed by atoms with Gasteiger partial charge in [-0.25, -0.2) is 18.1 Å². The molecule has 6 rings (SSSR count). The fourth-order valence-electron chi connectivity index (χ4n) is 6.05. The third-order valence-corrected chi connectivity index (χ3v) is 8.28. The molecule has 2 amide bonds. The average Bonchev–Trinajstić information content (AvgIpc) is 3.65. The third kappa shape index (κ3) is 6.59. The number of hydrogen-bond acceptors (Lipinski definition) is 6. The summed E-state index contributed by atoms with van der Waals surface area (Å²) in [6.07, 6.45) is -0.920. The van der Waals surface area contributed by atoms with Crippen LogP contribution in [0, 0.1) is 5.82 Å². The molecule has 0 radical (unpaired) electrons. The van der Waals surface area contributed by atoms with Crippen LogP contribution in [-0.2, 0) is 20.7 Å². The number of hydrogen-bond donors (Lipinski definition) is 3. The van der Waals surface area contributed by atoms with Gasteiger partial charge in [-0.3, -0.25) is 21.1 Å². The molecule has 0 bridgehead atoms. The van der Waals surface area contributed by atoms with Gasteiger partial charge in [-0.2, -0.15) is 0 Å². The van der Waals surface area contributed by atoms with Crippen molar-refractivity contribution in [3.05, 3.63) is 107 Å². The van der Waals surface area contributed by atoms with Gasteiger partial charge in [0.25, 0.3) is 0 Å². The Morgan fingerprint density at radius 2 is 1.71 bits per heavy atom. The van der Waals surface area contributed by atoms with Crippen LogP contribution in [0.15, 0.2) is 78.9 Å². The minimum Gasteiger partial charge on any atom is -0.414 e. The standard InChI is InChI=1S/C34H35F2N5O4/c1-34(37,38)45-33(44)41-25(15-22-9-5-6-10-28(22)41)18-30(42)40-19-24(35)17-29(40)32(43)39-31(21-7-3-2-4-8-21)23-13-14-26(20-11-12-20)27(36)16-23/h2-10,13-16,20,24,29,31H,11-12,17-19,37-38H2,1H3,(H,39,43)/t24-,29+,31+/m1/s1. The van der Waals surface area contributed by atoms with Crippen molar-refractivity contribution < 1.29 is 27.9 Å². The lowest BCUT2D eigenvalue weighted by Crippen LogP contribution is -2.51. The molecule has 1 saturated heterocycles. The molecule has 1 aromatic heterocycles. The number of para-hydroxylation sites is 1. The van der Waals surface area contributed by atoms with E-state index in [0.717, 1.165) is 12.8 Å². The van der Waals surface area contributed by atoms with Gasteiger partial charge in [0, 0.05) is 24.4 Å². The highest BCUT2D eigenvalue weighted by molar-refractivity contribution is 5.94. The molecule has 5 N–H and O–H groups in total. The summed E-state index contributed by atoms with van der Waals surface area (Å²) < 4.78 is 36.3. The zero-order chi connectivity index (χ0) is 31.9. The second-order valence-electron chi connectivity index (χ2n) is 12.1. The van der Waals surface area contributed by atoms with Gasteiger partial charge in [0.15, 0.2) is 0 Å². The van der Waals surface area contributed by atoms with Crippen LogP contribution < -0.4 is 16.8 Å². The fraction of sp³-hybridized carbons (Fsp3) is 0.324. The Kier molecular flexibility index (Phi) is 8.15. The molecular formula is C34H35F2N5O4. The highest BCUT2D eigenvalue weighted by Gasteiger charge is 2.41. The largest absolute Gasteiger partial charge is 0.421 e. The van der Waals surface area contributed by atoms with Gasteiger partial charge >= 0.3 is 6.09 Å². The lowest BCUT2D eigenvalue weighted by Gasteiger charge is -2.27. The zero-order valence-electron chi connectivity index (χ0n) is 24.8. The van der Waals surface area contributed by atoms with Gasteiger partial charge in [0.1, 0.15) is 18.0 Å². The smallest absolute Gasteiger partial charge is 0.414 e. The topological polar surface area (TPSA) is 133 Å². The highest BCUT2D eigenvalue weighted by Crippen LogP contribution is 2.42. The van der Waals surface area contributed by atoms with Crippen LogP contribution >= 0.6 is 0 Å². The fourth-order valence-corrected chi connectivity index (χ4v) is 6.05. The van der Waals surface area contributed by atoms with E-state index in [1.807, 2.05) is 30.3 Å². The Balaban J connectivity index is 1.26. The molecule has 2 aliphatic rings. The van der Waals surface area contributed by atoms with E-state index in [1.54, 1.807) is 42.5 Å². The number of carbonyl (C=O) groups excluding carboxylic acids is 3. The molecule has 9 nitrogen and oxygen atoms in total. The molecule has 11 heteroatoms. The second-order valence-corrected chi connectivity index (χ2v) is 12.1. The maximum Gasteiger partial charge on any atom is 0.421 e. The van der Waals surface area contributed by atoms with Crippen LogP contribution in [0.25, 0.3) is 10.9 Å². The first kappa shape index (κ1) is 30.4. The van der Waals surface area contributed by atoms with Crippen molar-refractivity contribution in [1.29, 1.82) is 0 Å². The summed E-state index contributed by atoms with van der Waals surface area (Å²) in [5.41, 5.74) is 14.1. The number of amides is 2. The first-order valence-corrected chi connectivity index (χ1v) is 15.0. The van der Waals surface area contributed by atoms with E-state index >= 15 is 4.39 Å². The van der Waals surface area contributed by atoms with Crippen molar-refractivity contribution in [2.75, 3.05) is 6.54 Å². The molecule has 1 aliphatic carbocycles. The molecule has 45 heavy (non-hydrogen) atoms. The normalized spacial score (nSPS) is 19.0. The van der Waals surface area contributed by atoms with Crippen molar-refractivity contribution in [1.82, 2.24) is 14.8 Å². The van der Waals surface area contributed by atoms with E-state index in [-0.39, 0.29) is 36.8 Å². The minimum absolute atomic E-state index is 0.197. The van der Waals surface area contributed by atoms with Crippen LogP contribution in [0.5, 0.6) is 0 Å². The molecule has 3 atom stereocenters. The minimum atomic E-state index is -1.76. The molecule has 0 unspecified atom stereocenters. The molecule has 1 aliphatic heterocycles. The van der Waals surface area contributed by atoms with E-state index in [9.17, 15) is 18.8 Å². The van der Waals surface area contributed by atoms with Crippen LogP contribution in [0.2, 0.25) is 0 Å². The summed E-state index contributed by atoms with van der Waals surface area (Å²) in [5, 5.41) is 3.62. The van der Waals surface area contributed by atoms with Crippen molar-refractivity contribution >= 4 is 28.8 Å². The Bertz CT molecular complexity index is 1750. The van der Waals surface area contributed by atoms with Gasteiger partial charge in [-0.05, 0) is 53.6 Å². The van der Waals surface area contributed by atoms with E-state index in [1.165, 1.54) is 22.5 Å². The van der Waals surface area contributed by atoms with Crippen LogP contribution in [0.1, 0.15) is 60.5 Å². The van der Waals surface area contributed by atoms with Crippen LogP contribution in [0.3, 0.4) is 0 Å². The Labute approximate surface area is 259 Å². The van der Waals surface area contributed by atoms with Gasteiger partial charge in [-0.1, -0.05) is 60.7 Å². The number of ether oxygens (including phenoxy) is 1. The predicted octanol–water partition coefficient (Wildman–Crippen LogP) is 4.62. The number of benzene rings is 3. The van der Waals surface area contributed by atoms with Crippen molar-refractivity contribution in [3.63, 3.8) is 0 Å². The number of nitrogens with two attached hydrogens (primary N) is 2. The Morgan fingerprint density at radius 3 is 2.40 bits per heavy atom. The summed E-state index contributed by atoms with van der Waals surface area (Å²) in [7, 11) is 0. The summed E-state index contributed by atoms with van der Waals surface area (Å²) in [6, 6.07) is 20.9. The summed E-state index contributed by atoms with van der Waals surface area (Å²) in [5.74, 6) is -2.98. The zero-order valence-corrected chi connectivity index (χ0v) is 24.8. The van der Waals surface area contributed by atoms with E-state index in [4.69, 9.17) is 16.2 Å². The number of carbonyl (C=O) groups is 3. The molecule has 1 saturated carbocycles. The van der Waals surface area contributed by atoms with Gasteiger partial charge in [-0.15, -0.1) is 0 Å². The van der Waals surface area contributed by atoms with Gasteiger partial charge in [0.05, 0.1) is 24.5 Å². The molecule has 4 aromatic rings. The summed E-state index contributed by atoms with van der Waals surface area (Å²) in [4.78, 5) is 41.8. The first-order chi connectivity index (χ1) is 21.5. The van der Waals surface area contributed by atoms with Gasteiger partial charge in [0.2, 0.25) is 17.7 Å². The summed E-state index contributed by atoms with van der Waals surface area (Å²) >= 11 is 0. The summed E-state index contributed by atoms with van der Waals surface area (Å²) in [6.45, 7) is 1.03.